The second-order valence-electron chi connectivity index (χ2n) is 1.21. The van der Waals surface area contributed by atoms with Crippen LogP contribution in [0.25, 0.3) is 0 Å². The summed E-state index contributed by atoms with van der Waals surface area (Å²) in [4.78, 5) is 10.1. The minimum atomic E-state index is -1.33. The molecule has 1 atom stereocenters. The zero-order valence-electron chi connectivity index (χ0n) is 4.39. The zero-order valence-corrected chi connectivity index (χ0v) is 5.14. The molecule has 0 aromatic carbocycles. The molecule has 0 spiro atoms. The molecule has 3 nitrogen and oxygen atoms in total. The van der Waals surface area contributed by atoms with Gasteiger partial charge in [-0.25, -0.2) is 9.90 Å². The van der Waals surface area contributed by atoms with Gasteiger partial charge < -0.3 is 4.74 Å². The standard InChI is InChI=1S/C4H6ClO3/c1-3(6)4(7)8-2-5/h3H,2H2,1H3. The first-order valence-corrected chi connectivity index (χ1v) is 2.60. The van der Waals surface area contributed by atoms with Crippen molar-refractivity contribution in [2.45, 2.75) is 13.0 Å². The molecule has 47 valence electrons. The number of carbonyl (C=O) groups is 1. The maximum atomic E-state index is 10.1. The number of halogens is 1. The quantitative estimate of drug-likeness (QED) is 0.412. The lowest BCUT2D eigenvalue weighted by atomic mass is 10.4. The van der Waals surface area contributed by atoms with Crippen LogP contribution in [0.4, 0.5) is 0 Å². The normalized spacial score (nSPS) is 12.9. The van der Waals surface area contributed by atoms with Gasteiger partial charge in [-0.3, -0.25) is 0 Å². The summed E-state index contributed by atoms with van der Waals surface area (Å²) in [6.45, 7) is 1.20. The Morgan fingerprint density at radius 2 is 2.38 bits per heavy atom. The van der Waals surface area contributed by atoms with Crippen molar-refractivity contribution in [3.63, 3.8) is 0 Å². The van der Waals surface area contributed by atoms with Gasteiger partial charge in [0, 0.05) is 0 Å². The van der Waals surface area contributed by atoms with E-state index < -0.39 is 12.1 Å². The van der Waals surface area contributed by atoms with Crippen molar-refractivity contribution >= 4 is 17.6 Å². The molecule has 0 rings (SSSR count). The second kappa shape index (κ2) is 3.69. The summed E-state index contributed by atoms with van der Waals surface area (Å²) in [6, 6.07) is -0.245. The molecule has 0 saturated carbocycles. The number of hydrogen-bond acceptors (Lipinski definition) is 2. The SMILES string of the molecule is CC([O])C(=O)OCCl. The average molecular weight is 138 g/mol. The lowest BCUT2D eigenvalue weighted by Crippen LogP contribution is -2.16. The third-order valence-corrected chi connectivity index (χ3v) is 0.638. The van der Waals surface area contributed by atoms with Crippen LogP contribution in [0.1, 0.15) is 6.92 Å². The predicted molar refractivity (Wildman–Crippen MR) is 27.0 cm³/mol. The molecule has 4 heteroatoms. The molecule has 0 heterocycles. The molecule has 0 fully saturated rings. The molecule has 0 N–H and O–H groups in total. The summed E-state index contributed by atoms with van der Waals surface area (Å²) >= 11 is 4.96. The Morgan fingerprint density at radius 1 is 1.88 bits per heavy atom. The van der Waals surface area contributed by atoms with Crippen molar-refractivity contribution in [3.8, 4) is 0 Å². The molecule has 0 aromatic heterocycles. The highest BCUT2D eigenvalue weighted by molar-refractivity contribution is 6.17. The largest absolute Gasteiger partial charge is 0.447 e. The van der Waals surface area contributed by atoms with Crippen molar-refractivity contribution in [3.05, 3.63) is 0 Å². The predicted octanol–water partition coefficient (Wildman–Crippen LogP) is 0.545. The first-order chi connectivity index (χ1) is 3.68. The highest BCUT2D eigenvalue weighted by Gasteiger charge is 2.09. The number of alkyl halides is 1. The molecule has 0 amide bonds. The third-order valence-electron chi connectivity index (χ3n) is 0.529. The maximum Gasteiger partial charge on any atom is 0.339 e. The molecule has 0 aliphatic carbocycles. The van der Waals surface area contributed by atoms with E-state index >= 15 is 0 Å². The van der Waals surface area contributed by atoms with Crippen molar-refractivity contribution in [2.24, 2.45) is 0 Å². The summed E-state index contributed by atoms with van der Waals surface area (Å²) < 4.78 is 4.12. The third kappa shape index (κ3) is 2.82. The van der Waals surface area contributed by atoms with Crippen LogP contribution < -0.4 is 0 Å². The van der Waals surface area contributed by atoms with Crippen LogP contribution in [-0.4, -0.2) is 18.1 Å². The van der Waals surface area contributed by atoms with Crippen LogP contribution in [-0.2, 0) is 14.6 Å². The molecule has 8 heavy (non-hydrogen) atoms. The van der Waals surface area contributed by atoms with E-state index in [2.05, 4.69) is 4.74 Å². The molecule has 0 aliphatic rings. The molecular weight excluding hydrogens is 131 g/mol. The lowest BCUT2D eigenvalue weighted by Gasteiger charge is -1.98. The number of rotatable bonds is 2. The fraction of sp³-hybridized carbons (Fsp3) is 0.750. The molecule has 0 aliphatic heterocycles. The van der Waals surface area contributed by atoms with E-state index in [0.29, 0.717) is 0 Å². The summed E-state index contributed by atoms with van der Waals surface area (Å²) in [5.41, 5.74) is 0. The average Bonchev–Trinajstić information content (AvgIpc) is 1.67. The molecular formula is C4H6ClO3. The van der Waals surface area contributed by atoms with Crippen LogP contribution in [0.3, 0.4) is 0 Å². The fourth-order valence-corrected chi connectivity index (χ4v) is 0.279. The van der Waals surface area contributed by atoms with Crippen molar-refractivity contribution < 1.29 is 14.6 Å². The monoisotopic (exact) mass is 137 g/mol. The molecule has 0 aromatic rings. The highest BCUT2D eigenvalue weighted by atomic mass is 35.5. The van der Waals surface area contributed by atoms with Gasteiger partial charge in [0.1, 0.15) is 0 Å². The van der Waals surface area contributed by atoms with Gasteiger partial charge in [-0.05, 0) is 6.92 Å². The van der Waals surface area contributed by atoms with Gasteiger partial charge in [0.05, 0.1) is 0 Å². The van der Waals surface area contributed by atoms with Crippen molar-refractivity contribution in [1.82, 2.24) is 0 Å². The number of esters is 1. The van der Waals surface area contributed by atoms with E-state index in [1.54, 1.807) is 0 Å². The van der Waals surface area contributed by atoms with Crippen LogP contribution in [0.2, 0.25) is 0 Å². The summed E-state index contributed by atoms with van der Waals surface area (Å²) in [5.74, 6) is -0.806. The van der Waals surface area contributed by atoms with E-state index in [4.69, 9.17) is 11.6 Å². The van der Waals surface area contributed by atoms with Gasteiger partial charge in [-0.2, -0.15) is 0 Å². The first-order valence-electron chi connectivity index (χ1n) is 2.07. The summed E-state index contributed by atoms with van der Waals surface area (Å²) in [5, 5.41) is 10.1. The zero-order chi connectivity index (χ0) is 6.57. The molecule has 1 unspecified atom stereocenters. The Bertz CT molecular complexity index is 81.4. The topological polar surface area (TPSA) is 46.2 Å². The Kier molecular flexibility index (Phi) is 3.56. The van der Waals surface area contributed by atoms with E-state index in [0.717, 1.165) is 0 Å². The van der Waals surface area contributed by atoms with Crippen LogP contribution in [0.5, 0.6) is 0 Å². The maximum absolute atomic E-state index is 10.1. The van der Waals surface area contributed by atoms with Gasteiger partial charge >= 0.3 is 5.97 Å². The second-order valence-corrected chi connectivity index (χ2v) is 1.43. The summed E-state index contributed by atoms with van der Waals surface area (Å²) in [6.07, 6.45) is -1.33. The first kappa shape index (κ1) is 7.72. The lowest BCUT2D eigenvalue weighted by molar-refractivity contribution is -0.153. The minimum Gasteiger partial charge on any atom is -0.447 e. The van der Waals surface area contributed by atoms with Gasteiger partial charge in [0.15, 0.2) is 12.2 Å². The van der Waals surface area contributed by atoms with E-state index in [1.165, 1.54) is 6.92 Å². The van der Waals surface area contributed by atoms with Crippen molar-refractivity contribution in [1.29, 1.82) is 0 Å². The van der Waals surface area contributed by atoms with Gasteiger partial charge in [0.25, 0.3) is 0 Å². The number of ether oxygens (including phenoxy) is 1. The molecule has 0 bridgehead atoms. The van der Waals surface area contributed by atoms with E-state index in [9.17, 15) is 9.90 Å². The minimum absolute atomic E-state index is 0.245. The van der Waals surface area contributed by atoms with E-state index in [-0.39, 0.29) is 6.07 Å². The Labute approximate surface area is 52.2 Å². The number of hydrogen-bond donors (Lipinski definition) is 0. The fourth-order valence-electron chi connectivity index (χ4n) is 0.171. The van der Waals surface area contributed by atoms with E-state index in [1.807, 2.05) is 0 Å². The van der Waals surface area contributed by atoms with Crippen LogP contribution in [0, 0.1) is 0 Å². The Morgan fingerprint density at radius 3 is 2.50 bits per heavy atom. The highest BCUT2D eigenvalue weighted by Crippen LogP contribution is 1.87. The van der Waals surface area contributed by atoms with Crippen LogP contribution in [0.15, 0.2) is 0 Å². The Hall–Kier alpha value is -0.280. The molecule has 1 radical (unpaired) electrons. The smallest absolute Gasteiger partial charge is 0.339 e. The molecule has 0 saturated heterocycles. The summed E-state index contributed by atoms with van der Waals surface area (Å²) in [7, 11) is 0. The van der Waals surface area contributed by atoms with Crippen molar-refractivity contribution in [2.75, 3.05) is 6.07 Å². The van der Waals surface area contributed by atoms with Gasteiger partial charge in [0.2, 0.25) is 0 Å². The Balaban J connectivity index is 3.33. The van der Waals surface area contributed by atoms with Gasteiger partial charge in [-0.1, -0.05) is 11.6 Å². The van der Waals surface area contributed by atoms with Gasteiger partial charge in [-0.15, -0.1) is 0 Å². The van der Waals surface area contributed by atoms with Crippen LogP contribution >= 0.6 is 11.6 Å². The number of carbonyl (C=O) groups excluding carboxylic acids is 1.